The Morgan fingerprint density at radius 3 is 2.60 bits per heavy atom. The molecular weight excluding hydrogens is 632 g/mol. The molecule has 13 nitrogen and oxygen atoms in total. The number of carbonyl (C=O) groups excluding carboxylic acids is 2. The molecule has 1 aliphatic rings. The highest BCUT2D eigenvalue weighted by molar-refractivity contribution is 7.03. The summed E-state index contributed by atoms with van der Waals surface area (Å²) in [5, 5.41) is 20.4. The predicted molar refractivity (Wildman–Crippen MR) is 169 cm³/mol. The van der Waals surface area contributed by atoms with Gasteiger partial charge in [-0.2, -0.15) is 10.2 Å². The number of urea groups is 1. The number of nitrogens with one attached hydrogen (secondary N) is 3. The normalized spacial score (nSPS) is 16.3. The Morgan fingerprint density at radius 2 is 1.89 bits per heavy atom. The standard InChI is InChI=1S/C31H29F2N9O4S/c1-17-26(19-11-22(29(43)34-2)30(44)40(3)13-19)38-42(21-7-5-4-6-8-21)28(17)36-31(45)35-25-15-41(14-20-16-47-39-37-20)46-27(25)18-9-10-23(32)24(33)12-18/h4-13,16,25,27H,14-15H2,1-3H3,(H,34,43)(H2,35,36,45)/t25-,27+/m1/s1. The van der Waals surface area contributed by atoms with E-state index in [9.17, 15) is 23.2 Å². The maximum atomic E-state index is 14.2. The molecule has 47 heavy (non-hydrogen) atoms. The van der Waals surface area contributed by atoms with Gasteiger partial charge in [-0.1, -0.05) is 28.8 Å². The summed E-state index contributed by atoms with van der Waals surface area (Å²) >= 11 is 1.18. The molecule has 1 aliphatic heterocycles. The average molecular weight is 662 g/mol. The van der Waals surface area contributed by atoms with E-state index in [0.717, 1.165) is 12.1 Å². The highest BCUT2D eigenvalue weighted by Gasteiger charge is 2.37. The van der Waals surface area contributed by atoms with Gasteiger partial charge < -0.3 is 15.2 Å². The minimum atomic E-state index is -1.04. The van der Waals surface area contributed by atoms with Crippen molar-refractivity contribution in [3.8, 4) is 16.9 Å². The lowest BCUT2D eigenvalue weighted by atomic mass is 10.0. The third kappa shape index (κ3) is 6.51. The summed E-state index contributed by atoms with van der Waals surface area (Å²) in [5.74, 6) is -2.25. The largest absolute Gasteiger partial charge is 0.355 e. The number of carbonyl (C=O) groups is 2. The van der Waals surface area contributed by atoms with Gasteiger partial charge in [-0.15, -0.1) is 5.10 Å². The van der Waals surface area contributed by atoms with Crippen LogP contribution in [0.4, 0.5) is 19.4 Å². The Kier molecular flexibility index (Phi) is 8.88. The molecule has 2 atom stereocenters. The van der Waals surface area contributed by atoms with Gasteiger partial charge in [0, 0.05) is 43.3 Å². The first-order valence-corrected chi connectivity index (χ1v) is 15.2. The number of aryl methyl sites for hydroxylation is 1. The number of para-hydroxylation sites is 1. The van der Waals surface area contributed by atoms with E-state index in [1.807, 2.05) is 30.3 Å². The van der Waals surface area contributed by atoms with E-state index in [-0.39, 0.29) is 18.7 Å². The van der Waals surface area contributed by atoms with Crippen molar-refractivity contribution in [2.75, 3.05) is 18.9 Å². The van der Waals surface area contributed by atoms with Crippen molar-refractivity contribution in [3.63, 3.8) is 0 Å². The average Bonchev–Trinajstić information content (AvgIpc) is 3.80. The first-order valence-electron chi connectivity index (χ1n) is 14.4. The van der Waals surface area contributed by atoms with Gasteiger partial charge in [0.05, 0.1) is 29.7 Å². The summed E-state index contributed by atoms with van der Waals surface area (Å²) in [7, 11) is 2.97. The molecule has 0 spiro atoms. The van der Waals surface area contributed by atoms with Crippen LogP contribution >= 0.6 is 11.5 Å². The van der Waals surface area contributed by atoms with E-state index in [1.54, 1.807) is 28.2 Å². The van der Waals surface area contributed by atoms with Gasteiger partial charge in [0.15, 0.2) is 11.6 Å². The molecule has 4 heterocycles. The Labute approximate surface area is 270 Å². The molecule has 3 aromatic heterocycles. The number of rotatable bonds is 8. The van der Waals surface area contributed by atoms with E-state index in [0.29, 0.717) is 39.6 Å². The van der Waals surface area contributed by atoms with Crippen LogP contribution < -0.4 is 21.5 Å². The number of aromatic nitrogens is 5. The third-order valence-electron chi connectivity index (χ3n) is 7.64. The molecule has 6 rings (SSSR count). The SMILES string of the molecule is CNC(=O)c1cc(-c2nn(-c3ccccc3)c(NC(=O)N[C@@H]3CN(Cc4csnn4)O[C@H]3c3ccc(F)c(F)c3)c2C)cn(C)c1=O. The third-order valence-corrected chi connectivity index (χ3v) is 8.20. The quantitative estimate of drug-likeness (QED) is 0.228. The molecule has 0 radical (unpaired) electrons. The van der Waals surface area contributed by atoms with Crippen molar-refractivity contribution in [1.82, 2.24) is 39.6 Å². The van der Waals surface area contributed by atoms with E-state index >= 15 is 0 Å². The summed E-state index contributed by atoms with van der Waals surface area (Å²) in [4.78, 5) is 44.9. The van der Waals surface area contributed by atoms with Crippen molar-refractivity contribution in [2.45, 2.75) is 25.6 Å². The van der Waals surface area contributed by atoms with E-state index in [4.69, 9.17) is 9.94 Å². The van der Waals surface area contributed by atoms with Gasteiger partial charge in [-0.3, -0.25) is 19.7 Å². The molecule has 5 aromatic rings. The Balaban J connectivity index is 1.33. The van der Waals surface area contributed by atoms with Crippen molar-refractivity contribution in [3.05, 3.63) is 111 Å². The van der Waals surface area contributed by atoms with Crippen LogP contribution in [0, 0.1) is 18.6 Å². The highest BCUT2D eigenvalue weighted by atomic mass is 32.1. The molecule has 0 saturated carbocycles. The maximum Gasteiger partial charge on any atom is 0.320 e. The molecule has 1 saturated heterocycles. The van der Waals surface area contributed by atoms with E-state index < -0.39 is 41.3 Å². The fourth-order valence-corrected chi connectivity index (χ4v) is 5.80. The van der Waals surface area contributed by atoms with Crippen LogP contribution in [-0.4, -0.2) is 60.6 Å². The molecule has 16 heteroatoms. The molecule has 2 aromatic carbocycles. The second-order valence-corrected chi connectivity index (χ2v) is 11.4. The summed E-state index contributed by atoms with van der Waals surface area (Å²) in [5.41, 5.74) is 2.56. The topological polar surface area (TPSA) is 148 Å². The minimum Gasteiger partial charge on any atom is -0.355 e. The van der Waals surface area contributed by atoms with Gasteiger partial charge in [0.1, 0.15) is 17.5 Å². The Hall–Kier alpha value is -5.32. The maximum absolute atomic E-state index is 14.2. The van der Waals surface area contributed by atoms with Crippen LogP contribution in [0.2, 0.25) is 0 Å². The first kappa shape index (κ1) is 31.7. The number of halogens is 2. The van der Waals surface area contributed by atoms with E-state index in [1.165, 1.54) is 42.3 Å². The number of pyridine rings is 1. The van der Waals surface area contributed by atoms with E-state index in [2.05, 4.69) is 25.5 Å². The lowest BCUT2D eigenvalue weighted by molar-refractivity contribution is -0.155. The molecule has 1 fully saturated rings. The van der Waals surface area contributed by atoms with Crippen LogP contribution in [0.1, 0.15) is 33.3 Å². The van der Waals surface area contributed by atoms with Gasteiger partial charge in [0.2, 0.25) is 0 Å². The lowest BCUT2D eigenvalue weighted by Gasteiger charge is -2.20. The molecule has 0 unspecified atom stereocenters. The van der Waals surface area contributed by atoms with Gasteiger partial charge in [0.25, 0.3) is 11.5 Å². The zero-order chi connectivity index (χ0) is 33.2. The minimum absolute atomic E-state index is 0.0593. The summed E-state index contributed by atoms with van der Waals surface area (Å²) in [6.45, 7) is 2.23. The summed E-state index contributed by atoms with van der Waals surface area (Å²) in [6, 6.07) is 12.7. The lowest BCUT2D eigenvalue weighted by Crippen LogP contribution is -2.42. The van der Waals surface area contributed by atoms with Crippen LogP contribution in [0.15, 0.2) is 71.0 Å². The number of nitrogens with zero attached hydrogens (tertiary/aromatic N) is 6. The molecule has 0 aliphatic carbocycles. The fraction of sp³-hybridized carbons (Fsp3) is 0.226. The summed E-state index contributed by atoms with van der Waals surface area (Å²) < 4.78 is 34.7. The number of hydrogen-bond acceptors (Lipinski definition) is 9. The molecule has 3 amide bonds. The monoisotopic (exact) mass is 661 g/mol. The molecule has 3 N–H and O–H groups in total. The number of benzene rings is 2. The zero-order valence-corrected chi connectivity index (χ0v) is 26.2. The smallest absolute Gasteiger partial charge is 0.320 e. The Morgan fingerprint density at radius 1 is 1.11 bits per heavy atom. The number of anilines is 1. The highest BCUT2D eigenvalue weighted by Crippen LogP contribution is 2.33. The fourth-order valence-electron chi connectivity index (χ4n) is 5.36. The van der Waals surface area contributed by atoms with Gasteiger partial charge in [-0.25, -0.2) is 18.3 Å². The van der Waals surface area contributed by atoms with Crippen LogP contribution in [0.3, 0.4) is 0 Å². The summed E-state index contributed by atoms with van der Waals surface area (Å²) in [6.07, 6.45) is 0.727. The zero-order valence-electron chi connectivity index (χ0n) is 25.4. The first-order chi connectivity index (χ1) is 22.6. The molecule has 242 valence electrons. The predicted octanol–water partition coefficient (Wildman–Crippen LogP) is 3.71. The Bertz CT molecular complexity index is 2000. The van der Waals surface area contributed by atoms with Crippen molar-refractivity contribution in [2.24, 2.45) is 7.05 Å². The molecule has 0 bridgehead atoms. The van der Waals surface area contributed by atoms with Crippen LogP contribution in [0.5, 0.6) is 0 Å². The van der Waals surface area contributed by atoms with Crippen molar-refractivity contribution < 1.29 is 23.2 Å². The second-order valence-electron chi connectivity index (χ2n) is 10.8. The number of hydrogen-bond donors (Lipinski definition) is 3. The number of amides is 3. The van der Waals surface area contributed by atoms with Gasteiger partial charge >= 0.3 is 6.03 Å². The van der Waals surface area contributed by atoms with Crippen LogP contribution in [-0.2, 0) is 18.4 Å². The van der Waals surface area contributed by atoms with Crippen LogP contribution in [0.25, 0.3) is 16.9 Å². The van der Waals surface area contributed by atoms with Gasteiger partial charge in [-0.05, 0) is 54.4 Å². The molecular formula is C31H29F2N9O4S. The van der Waals surface area contributed by atoms with Crippen molar-refractivity contribution in [1.29, 1.82) is 0 Å². The number of hydroxylamine groups is 2. The second kappa shape index (κ2) is 13.2. The van der Waals surface area contributed by atoms with Crippen molar-refractivity contribution >= 4 is 29.3 Å².